The van der Waals surface area contributed by atoms with Crippen LogP contribution in [0.1, 0.15) is 36.5 Å². The fourth-order valence-electron chi connectivity index (χ4n) is 2.41. The highest BCUT2D eigenvalue weighted by atomic mass is 16.5. The summed E-state index contributed by atoms with van der Waals surface area (Å²) in [6.07, 6.45) is 1.06. The second-order valence-electron chi connectivity index (χ2n) is 5.88. The first kappa shape index (κ1) is 20.1. The van der Waals surface area contributed by atoms with Crippen LogP contribution >= 0.6 is 0 Å². The van der Waals surface area contributed by atoms with Gasteiger partial charge in [-0.05, 0) is 24.6 Å². The Hall–Kier alpha value is -3.23. The fourth-order valence-corrected chi connectivity index (χ4v) is 2.41. The Morgan fingerprint density at radius 2 is 1.78 bits per heavy atom. The molecule has 1 saturated heterocycles. The third-order valence-electron chi connectivity index (χ3n) is 3.74. The second kappa shape index (κ2) is 9.46. The van der Waals surface area contributed by atoms with Gasteiger partial charge in [-0.1, -0.05) is 13.0 Å². The van der Waals surface area contributed by atoms with Crippen LogP contribution in [0.5, 0.6) is 0 Å². The van der Waals surface area contributed by atoms with Gasteiger partial charge in [-0.15, -0.1) is 0 Å². The van der Waals surface area contributed by atoms with Crippen LogP contribution in [0.15, 0.2) is 24.3 Å². The van der Waals surface area contributed by atoms with Gasteiger partial charge in [0.15, 0.2) is 6.61 Å². The molecule has 27 heavy (non-hydrogen) atoms. The topological polar surface area (TPSA) is 122 Å². The van der Waals surface area contributed by atoms with Crippen LogP contribution in [-0.4, -0.2) is 49.3 Å². The maximum atomic E-state index is 12.1. The SMILES string of the molecule is CCCNC(=O)CNC(=O)COC(=O)c1cccc(N2C(=O)CCC2=O)c1. The molecule has 1 aliphatic heterocycles. The maximum absolute atomic E-state index is 12.1. The van der Waals surface area contributed by atoms with Gasteiger partial charge in [0, 0.05) is 19.4 Å². The third-order valence-corrected chi connectivity index (χ3v) is 3.74. The average Bonchev–Trinajstić information content (AvgIpc) is 3.01. The number of nitrogens with zero attached hydrogens (tertiary/aromatic N) is 1. The predicted molar refractivity (Wildman–Crippen MR) is 94.8 cm³/mol. The molecular formula is C18H21N3O6. The van der Waals surface area contributed by atoms with Gasteiger partial charge in [-0.3, -0.25) is 24.1 Å². The van der Waals surface area contributed by atoms with Gasteiger partial charge in [0.1, 0.15) is 0 Å². The molecule has 1 heterocycles. The van der Waals surface area contributed by atoms with E-state index in [9.17, 15) is 24.0 Å². The molecule has 0 aliphatic carbocycles. The summed E-state index contributed by atoms with van der Waals surface area (Å²) in [4.78, 5) is 59.7. The monoisotopic (exact) mass is 375 g/mol. The zero-order valence-corrected chi connectivity index (χ0v) is 14.9. The molecule has 9 heteroatoms. The van der Waals surface area contributed by atoms with Gasteiger partial charge in [-0.25, -0.2) is 4.79 Å². The minimum atomic E-state index is -0.776. The van der Waals surface area contributed by atoms with E-state index in [0.717, 1.165) is 11.3 Å². The first-order valence-electron chi connectivity index (χ1n) is 8.58. The number of hydrogen-bond donors (Lipinski definition) is 2. The van der Waals surface area contributed by atoms with Crippen LogP contribution in [0.3, 0.4) is 0 Å². The average molecular weight is 375 g/mol. The highest BCUT2D eigenvalue weighted by molar-refractivity contribution is 6.20. The largest absolute Gasteiger partial charge is 0.452 e. The molecule has 144 valence electrons. The summed E-state index contributed by atoms with van der Waals surface area (Å²) in [5.74, 6) is -2.38. The van der Waals surface area contributed by atoms with E-state index >= 15 is 0 Å². The van der Waals surface area contributed by atoms with Crippen LogP contribution in [-0.2, 0) is 23.9 Å². The molecule has 2 N–H and O–H groups in total. The van der Waals surface area contributed by atoms with Crippen LogP contribution in [0.2, 0.25) is 0 Å². The molecule has 1 aliphatic rings. The van der Waals surface area contributed by atoms with E-state index in [2.05, 4.69) is 10.6 Å². The molecule has 1 fully saturated rings. The summed E-state index contributed by atoms with van der Waals surface area (Å²) < 4.78 is 4.90. The summed E-state index contributed by atoms with van der Waals surface area (Å²) in [6, 6.07) is 5.87. The molecule has 0 saturated carbocycles. The zero-order valence-electron chi connectivity index (χ0n) is 14.9. The number of amides is 4. The Morgan fingerprint density at radius 3 is 2.44 bits per heavy atom. The predicted octanol–water partition coefficient (Wildman–Crippen LogP) is 0.139. The molecule has 2 rings (SSSR count). The van der Waals surface area contributed by atoms with Gasteiger partial charge < -0.3 is 15.4 Å². The Labute approximate surface area is 156 Å². The molecular weight excluding hydrogens is 354 g/mol. The highest BCUT2D eigenvalue weighted by Crippen LogP contribution is 2.23. The van der Waals surface area contributed by atoms with E-state index in [-0.39, 0.29) is 48.4 Å². The normalized spacial score (nSPS) is 13.4. The zero-order chi connectivity index (χ0) is 19.8. The van der Waals surface area contributed by atoms with Crippen LogP contribution in [0.4, 0.5) is 5.69 Å². The van der Waals surface area contributed by atoms with Crippen LogP contribution < -0.4 is 15.5 Å². The lowest BCUT2D eigenvalue weighted by Gasteiger charge is -2.14. The smallest absolute Gasteiger partial charge is 0.338 e. The summed E-state index contributed by atoms with van der Waals surface area (Å²) in [7, 11) is 0. The summed E-state index contributed by atoms with van der Waals surface area (Å²) in [5, 5.41) is 4.94. The van der Waals surface area contributed by atoms with E-state index in [1.807, 2.05) is 6.92 Å². The van der Waals surface area contributed by atoms with E-state index in [4.69, 9.17) is 4.74 Å². The van der Waals surface area contributed by atoms with Crippen molar-refractivity contribution in [2.75, 3.05) is 24.6 Å². The van der Waals surface area contributed by atoms with Gasteiger partial charge in [-0.2, -0.15) is 0 Å². The first-order valence-corrected chi connectivity index (χ1v) is 8.58. The second-order valence-corrected chi connectivity index (χ2v) is 5.88. The van der Waals surface area contributed by atoms with E-state index in [1.165, 1.54) is 18.2 Å². The van der Waals surface area contributed by atoms with Crippen molar-refractivity contribution in [3.63, 3.8) is 0 Å². The van der Waals surface area contributed by atoms with Crippen molar-refractivity contribution in [2.45, 2.75) is 26.2 Å². The number of ether oxygens (including phenoxy) is 1. The summed E-state index contributed by atoms with van der Waals surface area (Å²) >= 11 is 0. The molecule has 0 aromatic heterocycles. The standard InChI is InChI=1S/C18H21N3O6/c1-2-8-19-14(22)10-20-15(23)11-27-18(26)12-4-3-5-13(9-12)21-16(24)6-7-17(21)25/h3-5,9H,2,6-8,10-11H2,1H3,(H,19,22)(H,20,23). The molecule has 1 aromatic carbocycles. The third kappa shape index (κ3) is 5.63. The summed E-state index contributed by atoms with van der Waals surface area (Å²) in [6.45, 7) is 1.67. The van der Waals surface area contributed by atoms with Crippen molar-refractivity contribution in [3.05, 3.63) is 29.8 Å². The van der Waals surface area contributed by atoms with Crippen molar-refractivity contribution >= 4 is 35.3 Å². The fraction of sp³-hybridized carbons (Fsp3) is 0.389. The number of rotatable bonds is 8. The quantitative estimate of drug-likeness (QED) is 0.492. The first-order chi connectivity index (χ1) is 12.9. The number of nitrogens with one attached hydrogen (secondary N) is 2. The van der Waals surface area contributed by atoms with Gasteiger partial charge in [0.25, 0.3) is 5.91 Å². The number of carbonyl (C=O) groups excluding carboxylic acids is 5. The molecule has 0 spiro atoms. The molecule has 9 nitrogen and oxygen atoms in total. The van der Waals surface area contributed by atoms with E-state index < -0.39 is 18.5 Å². The van der Waals surface area contributed by atoms with Gasteiger partial charge in [0.2, 0.25) is 17.7 Å². The molecule has 0 bridgehead atoms. The van der Waals surface area contributed by atoms with E-state index in [0.29, 0.717) is 6.54 Å². The van der Waals surface area contributed by atoms with Crippen molar-refractivity contribution in [1.82, 2.24) is 10.6 Å². The summed E-state index contributed by atoms with van der Waals surface area (Å²) in [5.41, 5.74) is 0.391. The van der Waals surface area contributed by atoms with Crippen molar-refractivity contribution in [3.8, 4) is 0 Å². The van der Waals surface area contributed by atoms with Crippen LogP contribution in [0, 0.1) is 0 Å². The number of imide groups is 1. The minimum Gasteiger partial charge on any atom is -0.452 e. The Balaban J connectivity index is 1.86. The lowest BCUT2D eigenvalue weighted by Crippen LogP contribution is -2.38. The number of esters is 1. The molecule has 1 aromatic rings. The van der Waals surface area contributed by atoms with E-state index in [1.54, 1.807) is 6.07 Å². The highest BCUT2D eigenvalue weighted by Gasteiger charge is 2.30. The lowest BCUT2D eigenvalue weighted by molar-refractivity contribution is -0.127. The number of hydrogen-bond acceptors (Lipinski definition) is 6. The van der Waals surface area contributed by atoms with Crippen molar-refractivity contribution < 1.29 is 28.7 Å². The van der Waals surface area contributed by atoms with Crippen molar-refractivity contribution in [2.24, 2.45) is 0 Å². The minimum absolute atomic E-state index is 0.105. The van der Waals surface area contributed by atoms with Crippen molar-refractivity contribution in [1.29, 1.82) is 0 Å². The Kier molecular flexibility index (Phi) is 7.04. The Bertz CT molecular complexity index is 745. The molecule has 0 atom stereocenters. The molecule has 0 unspecified atom stereocenters. The lowest BCUT2D eigenvalue weighted by atomic mass is 10.2. The molecule has 4 amide bonds. The van der Waals surface area contributed by atoms with Gasteiger partial charge >= 0.3 is 5.97 Å². The maximum Gasteiger partial charge on any atom is 0.338 e. The number of carbonyl (C=O) groups is 5. The molecule has 0 radical (unpaired) electrons. The van der Waals surface area contributed by atoms with Gasteiger partial charge in [0.05, 0.1) is 17.8 Å². The Morgan fingerprint density at radius 1 is 1.07 bits per heavy atom. The number of anilines is 1. The van der Waals surface area contributed by atoms with Crippen LogP contribution in [0.25, 0.3) is 0 Å². The number of benzene rings is 1.